The first-order valence-electron chi connectivity index (χ1n) is 9.64. The third kappa shape index (κ3) is 3.85. The molecule has 2 atom stereocenters. The molecule has 28 heavy (non-hydrogen) atoms. The van der Waals surface area contributed by atoms with Crippen molar-refractivity contribution >= 4 is 16.6 Å². The van der Waals surface area contributed by atoms with Crippen LogP contribution in [0.25, 0.3) is 21.9 Å². The van der Waals surface area contributed by atoms with E-state index in [-0.39, 0.29) is 5.78 Å². The van der Waals surface area contributed by atoms with Crippen molar-refractivity contribution in [3.63, 3.8) is 0 Å². The van der Waals surface area contributed by atoms with Gasteiger partial charge in [-0.15, -0.1) is 0 Å². The van der Waals surface area contributed by atoms with Crippen LogP contribution >= 0.6 is 0 Å². The van der Waals surface area contributed by atoms with Gasteiger partial charge in [-0.05, 0) is 67.1 Å². The lowest BCUT2D eigenvalue weighted by Crippen LogP contribution is -2.50. The fourth-order valence-corrected chi connectivity index (χ4v) is 3.63. The molecule has 146 valence electrons. The van der Waals surface area contributed by atoms with E-state index in [1.54, 1.807) is 6.92 Å². The maximum absolute atomic E-state index is 13.3. The zero-order valence-corrected chi connectivity index (χ0v) is 16.7. The van der Waals surface area contributed by atoms with E-state index in [9.17, 15) is 14.3 Å². The number of aliphatic hydroxyl groups is 1. The molecule has 2 nitrogen and oxygen atoms in total. The molecule has 3 heteroatoms. The summed E-state index contributed by atoms with van der Waals surface area (Å²) in [4.78, 5) is 12.2. The summed E-state index contributed by atoms with van der Waals surface area (Å²) in [6.45, 7) is 3.54. The second-order valence-corrected chi connectivity index (χ2v) is 8.06. The van der Waals surface area contributed by atoms with Crippen molar-refractivity contribution in [2.45, 2.75) is 39.2 Å². The highest BCUT2D eigenvalue weighted by atomic mass is 19.1. The van der Waals surface area contributed by atoms with Gasteiger partial charge < -0.3 is 5.11 Å². The Morgan fingerprint density at radius 3 is 2.21 bits per heavy atom. The molecule has 0 amide bonds. The van der Waals surface area contributed by atoms with Crippen LogP contribution in [-0.2, 0) is 11.2 Å². The summed E-state index contributed by atoms with van der Waals surface area (Å²) >= 11 is 0. The maximum Gasteiger partial charge on any atom is 0.138 e. The quantitative estimate of drug-likeness (QED) is 0.568. The highest BCUT2D eigenvalue weighted by molar-refractivity contribution is 5.88. The van der Waals surface area contributed by atoms with Crippen LogP contribution in [0.5, 0.6) is 0 Å². The van der Waals surface area contributed by atoms with E-state index in [1.807, 2.05) is 24.3 Å². The number of hydrogen-bond donors (Lipinski definition) is 1. The second-order valence-electron chi connectivity index (χ2n) is 8.06. The number of carbonyl (C=O) groups is 1. The Kier molecular flexibility index (Phi) is 5.66. The first kappa shape index (κ1) is 20.2. The molecule has 3 aromatic carbocycles. The predicted molar refractivity (Wildman–Crippen MR) is 113 cm³/mol. The lowest BCUT2D eigenvalue weighted by Gasteiger charge is -2.39. The molecule has 0 aliphatic heterocycles. The summed E-state index contributed by atoms with van der Waals surface area (Å²) in [7, 11) is 0. The van der Waals surface area contributed by atoms with Gasteiger partial charge in [0, 0.05) is 0 Å². The summed E-state index contributed by atoms with van der Waals surface area (Å²) in [6.07, 6.45) is 0.996. The van der Waals surface area contributed by atoms with Gasteiger partial charge in [0.15, 0.2) is 0 Å². The molecular weight excluding hydrogens is 351 g/mol. The molecule has 0 aliphatic carbocycles. The van der Waals surface area contributed by atoms with Crippen LogP contribution in [0.1, 0.15) is 32.8 Å². The number of carbonyl (C=O) groups excluding carboxylic acids is 1. The lowest BCUT2D eigenvalue weighted by molar-refractivity contribution is -0.145. The Bertz CT molecular complexity index is 978. The monoisotopic (exact) mass is 378 g/mol. The van der Waals surface area contributed by atoms with Crippen LogP contribution in [0.15, 0.2) is 66.7 Å². The van der Waals surface area contributed by atoms with E-state index < -0.39 is 17.7 Å². The van der Waals surface area contributed by atoms with E-state index in [2.05, 4.69) is 42.5 Å². The van der Waals surface area contributed by atoms with Crippen molar-refractivity contribution < 1.29 is 14.3 Å². The summed E-state index contributed by atoms with van der Waals surface area (Å²) < 4.78 is 13.3. The zero-order valence-electron chi connectivity index (χ0n) is 16.7. The van der Waals surface area contributed by atoms with E-state index in [4.69, 9.17) is 0 Å². The Balaban J connectivity index is 1.84. The Hall–Kier alpha value is -2.52. The SMILES string of the molecule is CC(=O)[C@@](C)(CCc1ccc2cc(-c3ccccc3)ccc2c1)[C@](C)(O)CF. The van der Waals surface area contributed by atoms with Crippen LogP contribution in [0, 0.1) is 5.41 Å². The number of alkyl halides is 1. The van der Waals surface area contributed by atoms with Gasteiger partial charge in [0.05, 0.1) is 5.41 Å². The number of Topliss-reactive ketones (excluding diaryl/α,β-unsaturated/α-hetero) is 1. The number of benzene rings is 3. The van der Waals surface area contributed by atoms with Gasteiger partial charge in [0.2, 0.25) is 0 Å². The molecule has 0 radical (unpaired) electrons. The van der Waals surface area contributed by atoms with Crippen molar-refractivity contribution in [1.82, 2.24) is 0 Å². The van der Waals surface area contributed by atoms with Crippen LogP contribution in [0.3, 0.4) is 0 Å². The first-order valence-corrected chi connectivity index (χ1v) is 9.64. The molecule has 0 unspecified atom stereocenters. The molecule has 0 spiro atoms. The lowest BCUT2D eigenvalue weighted by atomic mass is 9.68. The van der Waals surface area contributed by atoms with Crippen LogP contribution < -0.4 is 0 Å². The number of ketones is 1. The van der Waals surface area contributed by atoms with Gasteiger partial charge in [-0.1, -0.05) is 60.7 Å². The van der Waals surface area contributed by atoms with E-state index in [0.29, 0.717) is 12.8 Å². The standard InChI is InChI=1S/C25H27FO2/c1-18(27)24(2,25(3,28)17-26)14-13-19-9-10-23-16-22(12-11-21(23)15-19)20-7-5-4-6-8-20/h4-12,15-16,28H,13-14,17H2,1-3H3/t24-,25-/m1/s1. The van der Waals surface area contributed by atoms with Crippen molar-refractivity contribution in [3.8, 4) is 11.1 Å². The fourth-order valence-electron chi connectivity index (χ4n) is 3.63. The molecule has 1 N–H and O–H groups in total. The molecular formula is C25H27FO2. The minimum atomic E-state index is -1.67. The third-order valence-electron chi connectivity index (χ3n) is 6.15. The van der Waals surface area contributed by atoms with Gasteiger partial charge in [-0.2, -0.15) is 0 Å². The molecule has 0 saturated carbocycles. The van der Waals surface area contributed by atoms with Crippen molar-refractivity contribution in [3.05, 3.63) is 72.3 Å². The minimum Gasteiger partial charge on any atom is -0.386 e. The minimum absolute atomic E-state index is 0.191. The summed E-state index contributed by atoms with van der Waals surface area (Å²) in [5.74, 6) is -0.191. The number of fused-ring (bicyclic) bond motifs is 1. The third-order valence-corrected chi connectivity index (χ3v) is 6.15. The van der Waals surface area contributed by atoms with Crippen LogP contribution in [0.2, 0.25) is 0 Å². The summed E-state index contributed by atoms with van der Waals surface area (Å²) in [6, 6.07) is 22.9. The molecule has 0 heterocycles. The Morgan fingerprint density at radius 1 is 0.929 bits per heavy atom. The Morgan fingerprint density at radius 2 is 1.57 bits per heavy atom. The molecule has 3 rings (SSSR count). The van der Waals surface area contributed by atoms with Gasteiger partial charge in [-0.25, -0.2) is 4.39 Å². The molecule has 0 aliphatic rings. The molecule has 0 aromatic heterocycles. The topological polar surface area (TPSA) is 37.3 Å². The van der Waals surface area contributed by atoms with Gasteiger partial charge in [0.25, 0.3) is 0 Å². The van der Waals surface area contributed by atoms with Crippen molar-refractivity contribution in [2.75, 3.05) is 6.67 Å². The highest BCUT2D eigenvalue weighted by Gasteiger charge is 2.46. The average molecular weight is 378 g/mol. The van der Waals surface area contributed by atoms with Crippen LogP contribution in [-0.4, -0.2) is 23.2 Å². The van der Waals surface area contributed by atoms with E-state index in [0.717, 1.165) is 16.3 Å². The second kappa shape index (κ2) is 7.84. The molecule has 0 fully saturated rings. The van der Waals surface area contributed by atoms with Gasteiger partial charge in [0.1, 0.15) is 18.1 Å². The van der Waals surface area contributed by atoms with Crippen molar-refractivity contribution in [1.29, 1.82) is 0 Å². The summed E-state index contributed by atoms with van der Waals surface area (Å²) in [5, 5.41) is 12.7. The molecule has 0 bridgehead atoms. The summed E-state index contributed by atoms with van der Waals surface area (Å²) in [5.41, 5.74) is 0.638. The number of halogens is 1. The van der Waals surface area contributed by atoms with Crippen LogP contribution in [0.4, 0.5) is 4.39 Å². The average Bonchev–Trinajstić information content (AvgIpc) is 2.71. The number of rotatable bonds is 7. The number of aryl methyl sites for hydroxylation is 1. The normalized spacial score (nSPS) is 15.8. The fraction of sp³-hybridized carbons (Fsp3) is 0.320. The van der Waals surface area contributed by atoms with Gasteiger partial charge in [-0.3, -0.25) is 4.79 Å². The molecule has 0 saturated heterocycles. The van der Waals surface area contributed by atoms with Gasteiger partial charge >= 0.3 is 0 Å². The predicted octanol–water partition coefficient (Wildman–Crippen LogP) is 5.76. The zero-order chi connectivity index (χ0) is 20.4. The highest BCUT2D eigenvalue weighted by Crippen LogP contribution is 2.37. The largest absolute Gasteiger partial charge is 0.386 e. The first-order chi connectivity index (χ1) is 13.3. The van der Waals surface area contributed by atoms with Crippen molar-refractivity contribution in [2.24, 2.45) is 5.41 Å². The van der Waals surface area contributed by atoms with E-state index in [1.165, 1.54) is 25.0 Å². The Labute approximate surface area is 166 Å². The van der Waals surface area contributed by atoms with E-state index >= 15 is 0 Å². The smallest absolute Gasteiger partial charge is 0.138 e. The number of hydrogen-bond acceptors (Lipinski definition) is 2. The molecule has 3 aromatic rings. The maximum atomic E-state index is 13.3.